The minimum absolute atomic E-state index is 0.194. The van der Waals surface area contributed by atoms with Gasteiger partial charge in [0.05, 0.1) is 0 Å². The molecule has 0 aromatic heterocycles. The van der Waals surface area contributed by atoms with E-state index in [2.05, 4.69) is 9.44 Å². The molecule has 1 aliphatic rings. The molecule has 4 nitrogen and oxygen atoms in total. The lowest BCUT2D eigenvalue weighted by Gasteiger charge is -1.98. The molecule has 1 saturated heterocycles. The van der Waals surface area contributed by atoms with Gasteiger partial charge >= 0.3 is 0 Å². The molecule has 1 rings (SSSR count). The van der Waals surface area contributed by atoms with Gasteiger partial charge in [-0.2, -0.15) is 0 Å². The first-order chi connectivity index (χ1) is 3.80. The molecule has 5 heteroatoms. The number of carbonyl (C=O) groups excluding carboxylic acids is 1. The third-order valence-corrected chi connectivity index (χ3v) is 1.62. The molecule has 1 heterocycles. The molecule has 1 unspecified atom stereocenters. The maximum Gasteiger partial charge on any atom is 0.236 e. The maximum atomic E-state index is 10.3. The number of hydrogen-bond acceptors (Lipinski definition) is 4. The van der Waals surface area contributed by atoms with Gasteiger partial charge in [0.25, 0.3) is 0 Å². The number of hydrogen-bond donors (Lipinski definition) is 3. The zero-order valence-corrected chi connectivity index (χ0v) is 4.99. The van der Waals surface area contributed by atoms with E-state index in [1.54, 1.807) is 0 Å². The fourth-order valence-electron chi connectivity index (χ4n) is 0.438. The fourth-order valence-corrected chi connectivity index (χ4v) is 1.11. The molecule has 1 fully saturated rings. The zero-order valence-electron chi connectivity index (χ0n) is 4.18. The molecule has 4 N–H and O–H groups in total. The van der Waals surface area contributed by atoms with Crippen molar-refractivity contribution in [2.45, 2.75) is 6.04 Å². The van der Waals surface area contributed by atoms with Gasteiger partial charge in [-0.1, -0.05) is 0 Å². The van der Waals surface area contributed by atoms with Gasteiger partial charge in [0.2, 0.25) is 5.91 Å². The SMILES string of the molecule is NC(=O)C1CNSN1. The van der Waals surface area contributed by atoms with Crippen molar-refractivity contribution < 1.29 is 4.79 Å². The van der Waals surface area contributed by atoms with Crippen LogP contribution in [0, 0.1) is 0 Å². The Kier molecular flexibility index (Phi) is 1.72. The second-order valence-electron chi connectivity index (χ2n) is 1.52. The van der Waals surface area contributed by atoms with Crippen LogP contribution in [0.5, 0.6) is 0 Å². The molecule has 8 heavy (non-hydrogen) atoms. The fraction of sp³-hybridized carbons (Fsp3) is 0.667. The summed E-state index contributed by atoms with van der Waals surface area (Å²) in [4.78, 5) is 10.3. The van der Waals surface area contributed by atoms with Crippen LogP contribution in [0.3, 0.4) is 0 Å². The summed E-state index contributed by atoms with van der Waals surface area (Å²) in [6, 6.07) is -0.194. The van der Waals surface area contributed by atoms with E-state index in [-0.39, 0.29) is 11.9 Å². The van der Waals surface area contributed by atoms with Gasteiger partial charge in [-0.05, 0) is 0 Å². The number of primary amides is 1. The minimum atomic E-state index is -0.303. The van der Waals surface area contributed by atoms with Crippen LogP contribution < -0.4 is 15.2 Å². The molecule has 0 saturated carbocycles. The monoisotopic (exact) mass is 133 g/mol. The second-order valence-corrected chi connectivity index (χ2v) is 2.25. The van der Waals surface area contributed by atoms with E-state index in [0.29, 0.717) is 6.54 Å². The summed E-state index contributed by atoms with van der Waals surface area (Å²) in [5.41, 5.74) is 4.94. The van der Waals surface area contributed by atoms with Crippen molar-refractivity contribution in [1.29, 1.82) is 0 Å². The predicted octanol–water partition coefficient (Wildman–Crippen LogP) is -1.40. The summed E-state index contributed by atoms with van der Waals surface area (Å²) in [6.45, 7) is 0.625. The number of rotatable bonds is 1. The molecule has 46 valence electrons. The van der Waals surface area contributed by atoms with Crippen LogP contribution in [0.4, 0.5) is 0 Å². The first-order valence-electron chi connectivity index (χ1n) is 2.24. The van der Waals surface area contributed by atoms with Crippen LogP contribution in [0.2, 0.25) is 0 Å². The van der Waals surface area contributed by atoms with E-state index in [4.69, 9.17) is 5.73 Å². The van der Waals surface area contributed by atoms with Crippen LogP contribution in [-0.4, -0.2) is 18.5 Å². The highest BCUT2D eigenvalue weighted by molar-refractivity contribution is 7.95. The number of carbonyl (C=O) groups is 1. The zero-order chi connectivity index (χ0) is 5.98. The van der Waals surface area contributed by atoms with Crippen molar-refractivity contribution in [3.8, 4) is 0 Å². The van der Waals surface area contributed by atoms with E-state index in [1.807, 2.05) is 0 Å². The Hall–Kier alpha value is -0.260. The largest absolute Gasteiger partial charge is 0.368 e. The van der Waals surface area contributed by atoms with Gasteiger partial charge in [-0.3, -0.25) is 4.79 Å². The topological polar surface area (TPSA) is 67.2 Å². The Morgan fingerprint density at radius 1 is 1.88 bits per heavy atom. The van der Waals surface area contributed by atoms with E-state index in [9.17, 15) is 4.79 Å². The van der Waals surface area contributed by atoms with E-state index < -0.39 is 0 Å². The normalized spacial score (nSPS) is 28.2. The van der Waals surface area contributed by atoms with Gasteiger partial charge in [0.1, 0.15) is 6.04 Å². The van der Waals surface area contributed by atoms with Crippen molar-refractivity contribution in [1.82, 2.24) is 9.44 Å². The number of amides is 1. The smallest absolute Gasteiger partial charge is 0.236 e. The molecule has 0 aliphatic carbocycles. The Morgan fingerprint density at radius 3 is 2.88 bits per heavy atom. The van der Waals surface area contributed by atoms with Crippen molar-refractivity contribution >= 4 is 18.0 Å². The van der Waals surface area contributed by atoms with Crippen molar-refractivity contribution in [2.75, 3.05) is 6.54 Å². The summed E-state index contributed by atoms with van der Waals surface area (Å²) in [5.74, 6) is -0.303. The lowest BCUT2D eigenvalue weighted by atomic mass is 10.3. The Morgan fingerprint density at radius 2 is 2.62 bits per heavy atom. The number of nitrogens with two attached hydrogens (primary N) is 1. The molecule has 0 bridgehead atoms. The van der Waals surface area contributed by atoms with Gasteiger partial charge in [0, 0.05) is 18.7 Å². The molecule has 1 amide bonds. The van der Waals surface area contributed by atoms with Gasteiger partial charge in [-0.15, -0.1) is 0 Å². The predicted molar refractivity (Wildman–Crippen MR) is 31.7 cm³/mol. The molecule has 1 aliphatic heterocycles. The van der Waals surface area contributed by atoms with E-state index >= 15 is 0 Å². The third kappa shape index (κ3) is 1.12. The van der Waals surface area contributed by atoms with Crippen molar-refractivity contribution in [3.05, 3.63) is 0 Å². The first-order valence-corrected chi connectivity index (χ1v) is 3.06. The Balaban J connectivity index is 2.35. The maximum absolute atomic E-state index is 10.3. The third-order valence-electron chi connectivity index (χ3n) is 0.904. The van der Waals surface area contributed by atoms with E-state index in [1.165, 1.54) is 12.1 Å². The Labute approximate surface area is 51.5 Å². The summed E-state index contributed by atoms with van der Waals surface area (Å²) in [5, 5.41) is 0. The van der Waals surface area contributed by atoms with Crippen LogP contribution in [-0.2, 0) is 4.79 Å². The lowest BCUT2D eigenvalue weighted by molar-refractivity contribution is -0.119. The quantitative estimate of drug-likeness (QED) is 0.385. The molecule has 0 aromatic carbocycles. The highest BCUT2D eigenvalue weighted by Crippen LogP contribution is 1.98. The summed E-state index contributed by atoms with van der Waals surface area (Å²) >= 11 is 1.31. The standard InChI is InChI=1S/C3H7N3OS/c4-3(7)2-1-5-8-6-2/h2,5-6H,1H2,(H2,4,7). The summed E-state index contributed by atoms with van der Waals surface area (Å²) < 4.78 is 5.65. The van der Waals surface area contributed by atoms with Crippen LogP contribution in [0.15, 0.2) is 0 Å². The average molecular weight is 133 g/mol. The average Bonchev–Trinajstić information content (AvgIpc) is 2.12. The summed E-state index contributed by atoms with van der Waals surface area (Å²) in [7, 11) is 0. The molecular weight excluding hydrogens is 126 g/mol. The van der Waals surface area contributed by atoms with E-state index in [0.717, 1.165) is 0 Å². The molecule has 0 radical (unpaired) electrons. The summed E-state index contributed by atoms with van der Waals surface area (Å²) in [6.07, 6.45) is 0. The van der Waals surface area contributed by atoms with Crippen LogP contribution in [0.25, 0.3) is 0 Å². The number of nitrogens with one attached hydrogen (secondary N) is 2. The van der Waals surface area contributed by atoms with Gasteiger partial charge in [0.15, 0.2) is 0 Å². The molecule has 0 aromatic rings. The molecule has 0 spiro atoms. The second kappa shape index (κ2) is 2.34. The Bertz CT molecular complexity index is 101. The van der Waals surface area contributed by atoms with Gasteiger partial charge in [-0.25, -0.2) is 9.44 Å². The minimum Gasteiger partial charge on any atom is -0.368 e. The van der Waals surface area contributed by atoms with Crippen LogP contribution in [0.1, 0.15) is 0 Å². The lowest BCUT2D eigenvalue weighted by Crippen LogP contribution is -2.37. The van der Waals surface area contributed by atoms with Crippen LogP contribution >= 0.6 is 12.1 Å². The molecule has 1 atom stereocenters. The molecular formula is C3H7N3OS. The highest BCUT2D eigenvalue weighted by Gasteiger charge is 2.18. The highest BCUT2D eigenvalue weighted by atomic mass is 32.2. The van der Waals surface area contributed by atoms with Crippen molar-refractivity contribution in [3.63, 3.8) is 0 Å². The van der Waals surface area contributed by atoms with Crippen molar-refractivity contribution in [2.24, 2.45) is 5.73 Å². The van der Waals surface area contributed by atoms with Gasteiger partial charge < -0.3 is 5.73 Å². The first kappa shape index (κ1) is 5.87.